The summed E-state index contributed by atoms with van der Waals surface area (Å²) in [5.74, 6) is 0. The van der Waals surface area contributed by atoms with E-state index in [4.69, 9.17) is 11.5 Å². The number of carbonyl (C=O) groups is 1. The summed E-state index contributed by atoms with van der Waals surface area (Å²) in [6.45, 7) is 2.75. The van der Waals surface area contributed by atoms with Crippen LogP contribution >= 0.6 is 0 Å². The van der Waals surface area contributed by atoms with Gasteiger partial charge in [0.15, 0.2) is 0 Å². The Bertz CT molecular complexity index is 127. The summed E-state index contributed by atoms with van der Waals surface area (Å²) in [6, 6.07) is -0.0981. The molecule has 2 amide bonds. The summed E-state index contributed by atoms with van der Waals surface area (Å²) in [5, 5.41) is 5.52. The van der Waals surface area contributed by atoms with Crippen molar-refractivity contribution in [3.05, 3.63) is 0 Å². The topological polar surface area (TPSA) is 93.2 Å². The van der Waals surface area contributed by atoms with Crippen LogP contribution < -0.4 is 22.1 Å². The maximum absolute atomic E-state index is 11.1. The summed E-state index contributed by atoms with van der Waals surface area (Å²) >= 11 is 0. The Morgan fingerprint density at radius 3 is 1.64 bits per heavy atom. The molecule has 0 radical (unpaired) electrons. The van der Waals surface area contributed by atoms with Gasteiger partial charge in [-0.15, -0.1) is 0 Å². The summed E-state index contributed by atoms with van der Waals surface area (Å²) in [5.41, 5.74) is 10.6. The van der Waals surface area contributed by atoms with E-state index in [0.29, 0.717) is 26.2 Å². The maximum atomic E-state index is 11.1. The lowest BCUT2D eigenvalue weighted by Gasteiger charge is -2.06. The Kier molecular flexibility index (Phi) is 9.68. The fourth-order valence-electron chi connectivity index (χ4n) is 1.01. The number of hydrogen-bond acceptors (Lipinski definition) is 3. The number of nitrogens with two attached hydrogens (primary N) is 2. The molecule has 0 rings (SSSR count). The van der Waals surface area contributed by atoms with Gasteiger partial charge in [-0.05, 0) is 38.8 Å². The molecular formula is C9H22N4O. The highest BCUT2D eigenvalue weighted by Crippen LogP contribution is 1.84. The van der Waals surface area contributed by atoms with Crippen LogP contribution in [0.15, 0.2) is 0 Å². The molecule has 5 nitrogen and oxygen atoms in total. The number of amides is 2. The minimum atomic E-state index is -0.0981. The van der Waals surface area contributed by atoms with Gasteiger partial charge in [-0.2, -0.15) is 0 Å². The smallest absolute Gasteiger partial charge is 0.314 e. The largest absolute Gasteiger partial charge is 0.338 e. The third-order valence-electron chi connectivity index (χ3n) is 1.83. The summed E-state index contributed by atoms with van der Waals surface area (Å²) < 4.78 is 0. The Balaban J connectivity index is 3.11. The maximum Gasteiger partial charge on any atom is 0.314 e. The van der Waals surface area contributed by atoms with Crippen molar-refractivity contribution in [1.29, 1.82) is 0 Å². The summed E-state index contributed by atoms with van der Waals surface area (Å²) in [6.07, 6.45) is 3.78. The van der Waals surface area contributed by atoms with Crippen LogP contribution in [-0.4, -0.2) is 32.2 Å². The molecule has 84 valence electrons. The van der Waals surface area contributed by atoms with Crippen LogP contribution in [0.25, 0.3) is 0 Å². The van der Waals surface area contributed by atoms with E-state index < -0.39 is 0 Å². The fraction of sp³-hybridized carbons (Fsp3) is 0.889. The Hall–Kier alpha value is -0.810. The number of nitrogens with one attached hydrogen (secondary N) is 2. The normalized spacial score (nSPS) is 9.86. The molecule has 0 spiro atoms. The third-order valence-corrected chi connectivity index (χ3v) is 1.83. The van der Waals surface area contributed by atoms with Crippen LogP contribution in [0, 0.1) is 0 Å². The second-order valence-corrected chi connectivity index (χ2v) is 3.17. The lowest BCUT2D eigenvalue weighted by Crippen LogP contribution is -2.36. The van der Waals surface area contributed by atoms with Crippen molar-refractivity contribution >= 4 is 6.03 Å². The average molecular weight is 202 g/mol. The van der Waals surface area contributed by atoms with Crippen LogP contribution in [0.4, 0.5) is 4.79 Å². The van der Waals surface area contributed by atoms with Crippen molar-refractivity contribution in [2.24, 2.45) is 11.5 Å². The van der Waals surface area contributed by atoms with Gasteiger partial charge < -0.3 is 22.1 Å². The second-order valence-electron chi connectivity index (χ2n) is 3.17. The zero-order chi connectivity index (χ0) is 10.6. The van der Waals surface area contributed by atoms with Crippen molar-refractivity contribution in [2.75, 3.05) is 26.2 Å². The second kappa shape index (κ2) is 10.3. The number of carbonyl (C=O) groups excluding carboxylic acids is 1. The van der Waals surface area contributed by atoms with Crippen molar-refractivity contribution < 1.29 is 4.79 Å². The molecule has 0 unspecified atom stereocenters. The van der Waals surface area contributed by atoms with E-state index in [1.165, 1.54) is 0 Å². The Labute approximate surface area is 85.6 Å². The molecule has 0 fully saturated rings. The number of urea groups is 1. The molecular weight excluding hydrogens is 180 g/mol. The molecule has 0 aromatic carbocycles. The first-order valence-electron chi connectivity index (χ1n) is 5.23. The first-order valence-corrected chi connectivity index (χ1v) is 5.23. The SMILES string of the molecule is NCCCCNC(=O)NCCCCN. The zero-order valence-electron chi connectivity index (χ0n) is 8.72. The molecule has 0 aromatic rings. The third kappa shape index (κ3) is 9.28. The molecule has 0 atom stereocenters. The minimum absolute atomic E-state index is 0.0981. The van der Waals surface area contributed by atoms with Crippen molar-refractivity contribution in [3.63, 3.8) is 0 Å². The molecule has 5 heteroatoms. The zero-order valence-corrected chi connectivity index (χ0v) is 8.72. The highest BCUT2D eigenvalue weighted by Gasteiger charge is 1.96. The summed E-state index contributed by atoms with van der Waals surface area (Å²) in [4.78, 5) is 11.1. The lowest BCUT2D eigenvalue weighted by atomic mass is 10.3. The van der Waals surface area contributed by atoms with Crippen LogP contribution in [0.2, 0.25) is 0 Å². The van der Waals surface area contributed by atoms with Crippen molar-refractivity contribution in [3.8, 4) is 0 Å². The lowest BCUT2D eigenvalue weighted by molar-refractivity contribution is 0.240. The van der Waals surface area contributed by atoms with Crippen LogP contribution in [0.1, 0.15) is 25.7 Å². The van der Waals surface area contributed by atoms with Crippen LogP contribution in [-0.2, 0) is 0 Å². The van der Waals surface area contributed by atoms with Crippen LogP contribution in [0.3, 0.4) is 0 Å². The molecule has 0 aromatic heterocycles. The summed E-state index contributed by atoms with van der Waals surface area (Å²) in [7, 11) is 0. The predicted molar refractivity (Wildman–Crippen MR) is 58.0 cm³/mol. The van der Waals surface area contributed by atoms with E-state index >= 15 is 0 Å². The molecule has 0 bridgehead atoms. The standard InChI is InChI=1S/C9H22N4O/c10-5-1-3-7-12-9(14)13-8-4-2-6-11/h1-8,10-11H2,(H2,12,13,14). The van der Waals surface area contributed by atoms with Gasteiger partial charge in [-0.25, -0.2) is 4.79 Å². The van der Waals surface area contributed by atoms with Gasteiger partial charge in [-0.1, -0.05) is 0 Å². The monoisotopic (exact) mass is 202 g/mol. The van der Waals surface area contributed by atoms with E-state index in [1.54, 1.807) is 0 Å². The average Bonchev–Trinajstić information content (AvgIpc) is 2.19. The number of unbranched alkanes of at least 4 members (excludes halogenated alkanes) is 2. The van der Waals surface area contributed by atoms with Crippen LogP contribution in [0.5, 0.6) is 0 Å². The molecule has 0 saturated carbocycles. The quantitative estimate of drug-likeness (QED) is 0.409. The van der Waals surface area contributed by atoms with E-state index in [2.05, 4.69) is 10.6 Å². The molecule has 0 aliphatic carbocycles. The van der Waals surface area contributed by atoms with Crippen molar-refractivity contribution in [1.82, 2.24) is 10.6 Å². The molecule has 0 heterocycles. The first kappa shape index (κ1) is 13.2. The number of hydrogen-bond donors (Lipinski definition) is 4. The van der Waals surface area contributed by atoms with Gasteiger partial charge in [0.2, 0.25) is 0 Å². The van der Waals surface area contributed by atoms with E-state index in [0.717, 1.165) is 25.7 Å². The van der Waals surface area contributed by atoms with Gasteiger partial charge in [0.25, 0.3) is 0 Å². The van der Waals surface area contributed by atoms with Gasteiger partial charge in [-0.3, -0.25) is 0 Å². The predicted octanol–water partition coefficient (Wildman–Crippen LogP) is -0.237. The van der Waals surface area contributed by atoms with Gasteiger partial charge in [0.05, 0.1) is 0 Å². The van der Waals surface area contributed by atoms with Crippen molar-refractivity contribution in [2.45, 2.75) is 25.7 Å². The van der Waals surface area contributed by atoms with Gasteiger partial charge >= 0.3 is 6.03 Å². The fourth-order valence-corrected chi connectivity index (χ4v) is 1.01. The van der Waals surface area contributed by atoms with Gasteiger partial charge in [0.1, 0.15) is 0 Å². The minimum Gasteiger partial charge on any atom is -0.338 e. The molecule has 0 aliphatic rings. The Morgan fingerprint density at radius 2 is 1.29 bits per heavy atom. The van der Waals surface area contributed by atoms with Gasteiger partial charge in [0, 0.05) is 13.1 Å². The Morgan fingerprint density at radius 1 is 0.857 bits per heavy atom. The highest BCUT2D eigenvalue weighted by atomic mass is 16.2. The number of rotatable bonds is 8. The molecule has 0 saturated heterocycles. The van der Waals surface area contributed by atoms with E-state index in [9.17, 15) is 4.79 Å². The van der Waals surface area contributed by atoms with E-state index in [-0.39, 0.29) is 6.03 Å². The molecule has 14 heavy (non-hydrogen) atoms. The molecule has 6 N–H and O–H groups in total. The molecule has 0 aliphatic heterocycles. The van der Waals surface area contributed by atoms with E-state index in [1.807, 2.05) is 0 Å². The first-order chi connectivity index (χ1) is 6.81. The highest BCUT2D eigenvalue weighted by molar-refractivity contribution is 5.73.